The molecular weight excluding hydrogens is 157 g/mol. The van der Waals surface area contributed by atoms with E-state index in [1.165, 1.54) is 7.69 Å². The van der Waals surface area contributed by atoms with Crippen LogP contribution in [0.15, 0.2) is 0 Å². The van der Waals surface area contributed by atoms with Crippen molar-refractivity contribution in [1.82, 2.24) is 16.0 Å². The summed E-state index contributed by atoms with van der Waals surface area (Å²) < 4.78 is 10.4. The van der Waals surface area contributed by atoms with Crippen molar-refractivity contribution in [1.29, 1.82) is 0 Å². The first-order valence-electron chi connectivity index (χ1n) is 3.96. The van der Waals surface area contributed by atoms with Crippen LogP contribution in [0.2, 0.25) is 0 Å². The third-order valence-corrected chi connectivity index (χ3v) is 2.07. The molecule has 6 heteroatoms. The van der Waals surface area contributed by atoms with Gasteiger partial charge < -0.3 is 9.31 Å². The molecule has 1 heterocycles. The normalized spacial score (nSPS) is 28.1. The van der Waals surface area contributed by atoms with Crippen molar-refractivity contribution in [2.24, 2.45) is 0 Å². The summed E-state index contributed by atoms with van der Waals surface area (Å²) in [5, 5.41) is 9.11. The van der Waals surface area contributed by atoms with Crippen LogP contribution in [0.1, 0.15) is 6.42 Å². The molecule has 0 spiro atoms. The minimum Gasteiger partial charge on any atom is -0.397 e. The SMILES string of the molecule is CNC1CC(NC)(NC)O[B]O1. The van der Waals surface area contributed by atoms with Gasteiger partial charge in [-0.25, -0.2) is 0 Å². The van der Waals surface area contributed by atoms with Crippen molar-refractivity contribution in [2.75, 3.05) is 21.1 Å². The van der Waals surface area contributed by atoms with E-state index in [-0.39, 0.29) is 6.23 Å². The second kappa shape index (κ2) is 4.20. The molecule has 3 N–H and O–H groups in total. The van der Waals surface area contributed by atoms with Crippen LogP contribution in [0.5, 0.6) is 0 Å². The van der Waals surface area contributed by atoms with Crippen LogP contribution in [-0.4, -0.2) is 40.9 Å². The van der Waals surface area contributed by atoms with Gasteiger partial charge >= 0.3 is 7.69 Å². The first-order valence-corrected chi connectivity index (χ1v) is 3.96. The van der Waals surface area contributed by atoms with Gasteiger partial charge in [0.1, 0.15) is 0 Å². The van der Waals surface area contributed by atoms with Gasteiger partial charge in [0.15, 0.2) is 5.85 Å². The number of rotatable bonds is 3. The number of hydrogen-bond acceptors (Lipinski definition) is 5. The Balaban J connectivity index is 2.52. The molecule has 5 nitrogen and oxygen atoms in total. The number of nitrogens with one attached hydrogen (secondary N) is 3. The third kappa shape index (κ3) is 1.96. The van der Waals surface area contributed by atoms with Gasteiger partial charge in [-0.1, -0.05) is 0 Å². The Kier molecular flexibility index (Phi) is 3.48. The molecule has 0 amide bonds. The van der Waals surface area contributed by atoms with Gasteiger partial charge in [-0.2, -0.15) is 0 Å². The van der Waals surface area contributed by atoms with E-state index in [1.807, 2.05) is 21.1 Å². The summed E-state index contributed by atoms with van der Waals surface area (Å²) in [4.78, 5) is 0. The molecule has 69 valence electrons. The van der Waals surface area contributed by atoms with E-state index < -0.39 is 5.85 Å². The first kappa shape index (κ1) is 9.95. The van der Waals surface area contributed by atoms with Crippen molar-refractivity contribution in [3.63, 3.8) is 0 Å². The van der Waals surface area contributed by atoms with Crippen LogP contribution in [-0.2, 0) is 9.31 Å². The van der Waals surface area contributed by atoms with Gasteiger partial charge in [-0.15, -0.1) is 0 Å². The lowest BCUT2D eigenvalue weighted by molar-refractivity contribution is -0.0866. The Hall–Kier alpha value is -0.135. The van der Waals surface area contributed by atoms with E-state index in [0.29, 0.717) is 6.42 Å². The Morgan fingerprint density at radius 1 is 1.33 bits per heavy atom. The minimum atomic E-state index is -0.508. The summed E-state index contributed by atoms with van der Waals surface area (Å²) in [6.45, 7) is 0. The summed E-state index contributed by atoms with van der Waals surface area (Å²) in [6.07, 6.45) is 0.686. The van der Waals surface area contributed by atoms with Crippen LogP contribution >= 0.6 is 0 Å². The van der Waals surface area contributed by atoms with Crippen molar-refractivity contribution in [3.8, 4) is 0 Å². The average molecular weight is 172 g/mol. The Bertz CT molecular complexity index is 143. The van der Waals surface area contributed by atoms with Crippen LogP contribution in [0.3, 0.4) is 0 Å². The molecule has 0 bridgehead atoms. The first-order chi connectivity index (χ1) is 5.76. The molecule has 1 fully saturated rings. The maximum absolute atomic E-state index is 5.29. The highest BCUT2D eigenvalue weighted by atomic mass is 16.6. The molecule has 0 saturated carbocycles. The maximum Gasteiger partial charge on any atom is 0.491 e. The Morgan fingerprint density at radius 3 is 2.50 bits per heavy atom. The van der Waals surface area contributed by atoms with E-state index in [0.717, 1.165) is 0 Å². The zero-order valence-electron chi connectivity index (χ0n) is 7.68. The van der Waals surface area contributed by atoms with Gasteiger partial charge in [0.2, 0.25) is 0 Å². The minimum absolute atomic E-state index is 0.0151. The van der Waals surface area contributed by atoms with E-state index in [1.54, 1.807) is 0 Å². The second-order valence-corrected chi connectivity index (χ2v) is 2.66. The second-order valence-electron chi connectivity index (χ2n) is 2.66. The van der Waals surface area contributed by atoms with Gasteiger partial charge in [-0.3, -0.25) is 16.0 Å². The molecular formula is C6H15BN3O2. The smallest absolute Gasteiger partial charge is 0.397 e. The molecule has 1 saturated heterocycles. The molecule has 0 aliphatic carbocycles. The molecule has 1 aliphatic rings. The highest BCUT2D eigenvalue weighted by Gasteiger charge is 2.35. The summed E-state index contributed by atoms with van der Waals surface area (Å²) in [5.74, 6) is -0.508. The molecule has 12 heavy (non-hydrogen) atoms. The fourth-order valence-electron chi connectivity index (χ4n) is 1.15. The molecule has 1 unspecified atom stereocenters. The molecule has 0 aromatic carbocycles. The molecule has 1 aliphatic heterocycles. The summed E-state index contributed by atoms with van der Waals surface area (Å²) in [7, 11) is 6.86. The van der Waals surface area contributed by atoms with E-state index in [2.05, 4.69) is 16.0 Å². The predicted molar refractivity (Wildman–Crippen MR) is 46.2 cm³/mol. The van der Waals surface area contributed by atoms with E-state index in [4.69, 9.17) is 9.31 Å². The lowest BCUT2D eigenvalue weighted by Crippen LogP contribution is -2.63. The highest BCUT2D eigenvalue weighted by Crippen LogP contribution is 2.15. The van der Waals surface area contributed by atoms with Gasteiger partial charge in [0.05, 0.1) is 6.23 Å². The summed E-state index contributed by atoms with van der Waals surface area (Å²) in [6, 6.07) is 0. The largest absolute Gasteiger partial charge is 0.491 e. The van der Waals surface area contributed by atoms with Crippen LogP contribution < -0.4 is 16.0 Å². The lowest BCUT2D eigenvalue weighted by atomic mass is 10.1. The van der Waals surface area contributed by atoms with Crippen molar-refractivity contribution >= 4 is 7.69 Å². The third-order valence-electron chi connectivity index (χ3n) is 2.07. The molecule has 0 aromatic rings. The summed E-state index contributed by atoms with van der Waals surface area (Å²) in [5.41, 5.74) is 0. The maximum atomic E-state index is 5.29. The fraction of sp³-hybridized carbons (Fsp3) is 1.00. The van der Waals surface area contributed by atoms with Gasteiger partial charge in [-0.05, 0) is 21.1 Å². The Morgan fingerprint density at radius 2 is 2.00 bits per heavy atom. The quantitative estimate of drug-likeness (QED) is 0.361. The molecule has 1 rings (SSSR count). The van der Waals surface area contributed by atoms with Crippen LogP contribution in [0, 0.1) is 0 Å². The van der Waals surface area contributed by atoms with Crippen LogP contribution in [0.25, 0.3) is 0 Å². The van der Waals surface area contributed by atoms with Crippen molar-refractivity contribution < 1.29 is 9.31 Å². The summed E-state index contributed by atoms with van der Waals surface area (Å²) >= 11 is 0. The van der Waals surface area contributed by atoms with E-state index >= 15 is 0 Å². The highest BCUT2D eigenvalue weighted by molar-refractivity contribution is 6.18. The lowest BCUT2D eigenvalue weighted by Gasteiger charge is -2.39. The van der Waals surface area contributed by atoms with E-state index in [9.17, 15) is 0 Å². The van der Waals surface area contributed by atoms with Crippen LogP contribution in [0.4, 0.5) is 0 Å². The fourth-order valence-corrected chi connectivity index (χ4v) is 1.15. The topological polar surface area (TPSA) is 54.5 Å². The Labute approximate surface area is 73.5 Å². The molecule has 1 atom stereocenters. The molecule has 1 radical (unpaired) electrons. The van der Waals surface area contributed by atoms with Crippen molar-refractivity contribution in [2.45, 2.75) is 18.5 Å². The zero-order chi connectivity index (χ0) is 9.03. The monoisotopic (exact) mass is 172 g/mol. The number of hydrogen-bond donors (Lipinski definition) is 3. The zero-order valence-corrected chi connectivity index (χ0v) is 7.68. The van der Waals surface area contributed by atoms with Crippen molar-refractivity contribution in [3.05, 3.63) is 0 Å². The van der Waals surface area contributed by atoms with Gasteiger partial charge in [0.25, 0.3) is 0 Å². The van der Waals surface area contributed by atoms with Gasteiger partial charge in [0, 0.05) is 6.42 Å². The molecule has 0 aromatic heterocycles. The standard InChI is InChI=1S/C6H15BN3O2/c1-8-5-4-6(9-2,10-3)12-7-11-5/h5,8-10H,4H2,1-3H3. The average Bonchev–Trinajstić information content (AvgIpc) is 2.18. The predicted octanol–water partition coefficient (Wildman–Crippen LogP) is -1.40.